The second-order valence-corrected chi connectivity index (χ2v) is 5.07. The lowest BCUT2D eigenvalue weighted by Gasteiger charge is -2.22. The fraction of sp³-hybridized carbons (Fsp3) is 0.769. The quantitative estimate of drug-likeness (QED) is 0.826. The SMILES string of the molecule is Cc1noc(CCNC(=O)CCC2CCNCC2)n1.Cl. The topological polar surface area (TPSA) is 80.0 Å². The Hall–Kier alpha value is -1.14. The van der Waals surface area contributed by atoms with Gasteiger partial charge in [0.2, 0.25) is 11.8 Å². The first kappa shape index (κ1) is 16.9. The summed E-state index contributed by atoms with van der Waals surface area (Å²) in [5.74, 6) is 2.03. The molecule has 1 aromatic heterocycles. The number of carbonyl (C=O) groups excluding carboxylic acids is 1. The van der Waals surface area contributed by atoms with Crippen molar-refractivity contribution in [2.45, 2.75) is 39.0 Å². The van der Waals surface area contributed by atoms with Crippen LogP contribution >= 0.6 is 12.4 Å². The maximum Gasteiger partial charge on any atom is 0.228 e. The van der Waals surface area contributed by atoms with Crippen LogP contribution in [0.5, 0.6) is 0 Å². The van der Waals surface area contributed by atoms with E-state index in [1.807, 2.05) is 0 Å². The number of halogens is 1. The first-order chi connectivity index (χ1) is 9.24. The average molecular weight is 303 g/mol. The number of hydrogen-bond acceptors (Lipinski definition) is 5. The smallest absolute Gasteiger partial charge is 0.228 e. The zero-order chi connectivity index (χ0) is 13.5. The van der Waals surface area contributed by atoms with Crippen molar-refractivity contribution in [3.05, 3.63) is 11.7 Å². The van der Waals surface area contributed by atoms with E-state index in [1.54, 1.807) is 6.92 Å². The second kappa shape index (κ2) is 8.92. The summed E-state index contributed by atoms with van der Waals surface area (Å²) in [7, 11) is 0. The molecule has 0 bridgehead atoms. The maximum atomic E-state index is 11.7. The summed E-state index contributed by atoms with van der Waals surface area (Å²) in [6.07, 6.45) is 4.59. The van der Waals surface area contributed by atoms with E-state index in [2.05, 4.69) is 20.8 Å². The van der Waals surface area contributed by atoms with Crippen LogP contribution in [0.15, 0.2) is 4.52 Å². The molecular weight excluding hydrogens is 280 g/mol. The van der Waals surface area contributed by atoms with Crippen molar-refractivity contribution < 1.29 is 9.32 Å². The monoisotopic (exact) mass is 302 g/mol. The highest BCUT2D eigenvalue weighted by atomic mass is 35.5. The predicted molar refractivity (Wildman–Crippen MR) is 77.8 cm³/mol. The highest BCUT2D eigenvalue weighted by molar-refractivity contribution is 5.85. The van der Waals surface area contributed by atoms with E-state index in [4.69, 9.17) is 4.52 Å². The zero-order valence-corrected chi connectivity index (χ0v) is 12.7. The minimum absolute atomic E-state index is 0. The van der Waals surface area contributed by atoms with E-state index in [9.17, 15) is 4.79 Å². The van der Waals surface area contributed by atoms with Crippen molar-refractivity contribution in [3.8, 4) is 0 Å². The summed E-state index contributed by atoms with van der Waals surface area (Å²) in [5.41, 5.74) is 0. The molecule has 1 amide bonds. The molecule has 2 heterocycles. The third-order valence-corrected chi connectivity index (χ3v) is 3.47. The van der Waals surface area contributed by atoms with E-state index in [0.29, 0.717) is 37.0 Å². The van der Waals surface area contributed by atoms with Crippen molar-refractivity contribution in [2.24, 2.45) is 5.92 Å². The molecule has 0 aromatic carbocycles. The normalized spacial score (nSPS) is 15.7. The summed E-state index contributed by atoms with van der Waals surface area (Å²) >= 11 is 0. The lowest BCUT2D eigenvalue weighted by molar-refractivity contribution is -0.121. The third kappa shape index (κ3) is 5.88. The van der Waals surface area contributed by atoms with Gasteiger partial charge in [-0.1, -0.05) is 5.16 Å². The summed E-state index contributed by atoms with van der Waals surface area (Å²) in [4.78, 5) is 15.8. The minimum Gasteiger partial charge on any atom is -0.356 e. The molecule has 0 radical (unpaired) electrons. The Morgan fingerprint density at radius 2 is 2.20 bits per heavy atom. The molecule has 0 saturated carbocycles. The largest absolute Gasteiger partial charge is 0.356 e. The van der Waals surface area contributed by atoms with Crippen molar-refractivity contribution >= 4 is 18.3 Å². The van der Waals surface area contributed by atoms with Crippen molar-refractivity contribution in [1.82, 2.24) is 20.8 Å². The Labute approximate surface area is 125 Å². The molecule has 1 aromatic rings. The molecule has 0 unspecified atom stereocenters. The first-order valence-corrected chi connectivity index (χ1v) is 7.00. The van der Waals surface area contributed by atoms with E-state index in [0.717, 1.165) is 19.5 Å². The summed E-state index contributed by atoms with van der Waals surface area (Å²) in [6, 6.07) is 0. The molecule has 20 heavy (non-hydrogen) atoms. The summed E-state index contributed by atoms with van der Waals surface area (Å²) in [5, 5.41) is 9.94. The Bertz CT molecular complexity index is 405. The van der Waals surface area contributed by atoms with Crippen LogP contribution in [0.1, 0.15) is 37.4 Å². The Kier molecular flexibility index (Phi) is 7.54. The molecule has 6 nitrogen and oxygen atoms in total. The fourth-order valence-corrected chi connectivity index (χ4v) is 2.34. The number of aromatic nitrogens is 2. The molecule has 1 aliphatic rings. The standard InChI is InChI=1S/C13H22N4O2.ClH/c1-10-16-13(19-17-10)6-9-15-12(18)3-2-11-4-7-14-8-5-11;/h11,14H,2-9H2,1H3,(H,15,18);1H. The number of carbonyl (C=O) groups is 1. The second-order valence-electron chi connectivity index (χ2n) is 5.07. The van der Waals surface area contributed by atoms with Crippen molar-refractivity contribution in [3.63, 3.8) is 0 Å². The van der Waals surface area contributed by atoms with Crippen LogP contribution in [0.3, 0.4) is 0 Å². The number of nitrogens with one attached hydrogen (secondary N) is 2. The maximum absolute atomic E-state index is 11.7. The molecule has 114 valence electrons. The van der Waals surface area contributed by atoms with Gasteiger partial charge in [-0.05, 0) is 45.2 Å². The molecule has 2 N–H and O–H groups in total. The number of nitrogens with zero attached hydrogens (tertiary/aromatic N) is 2. The van der Waals surface area contributed by atoms with Crippen LogP contribution in [0.2, 0.25) is 0 Å². The van der Waals surface area contributed by atoms with Gasteiger partial charge in [-0.2, -0.15) is 4.98 Å². The third-order valence-electron chi connectivity index (χ3n) is 3.47. The van der Waals surface area contributed by atoms with Crippen LogP contribution in [-0.4, -0.2) is 35.7 Å². The van der Waals surface area contributed by atoms with Crippen LogP contribution < -0.4 is 10.6 Å². The summed E-state index contributed by atoms with van der Waals surface area (Å²) < 4.78 is 4.98. The van der Waals surface area contributed by atoms with Gasteiger partial charge in [0, 0.05) is 19.4 Å². The predicted octanol–water partition coefficient (Wildman–Crippen LogP) is 1.24. The average Bonchev–Trinajstić information content (AvgIpc) is 2.83. The van der Waals surface area contributed by atoms with Gasteiger partial charge >= 0.3 is 0 Å². The molecule has 0 atom stereocenters. The molecule has 0 aliphatic carbocycles. The van der Waals surface area contributed by atoms with Crippen LogP contribution in [-0.2, 0) is 11.2 Å². The molecular formula is C13H23ClN4O2. The van der Waals surface area contributed by atoms with Gasteiger partial charge < -0.3 is 15.2 Å². The van der Waals surface area contributed by atoms with E-state index in [1.165, 1.54) is 12.8 Å². The number of amides is 1. The van der Waals surface area contributed by atoms with E-state index < -0.39 is 0 Å². The van der Waals surface area contributed by atoms with Crippen LogP contribution in [0, 0.1) is 12.8 Å². The molecule has 1 aliphatic heterocycles. The number of piperidine rings is 1. The van der Waals surface area contributed by atoms with Gasteiger partial charge in [0.25, 0.3) is 0 Å². The first-order valence-electron chi connectivity index (χ1n) is 7.00. The number of rotatable bonds is 6. The highest BCUT2D eigenvalue weighted by Crippen LogP contribution is 2.17. The highest BCUT2D eigenvalue weighted by Gasteiger charge is 2.14. The zero-order valence-electron chi connectivity index (χ0n) is 11.9. The van der Waals surface area contributed by atoms with Gasteiger partial charge in [0.05, 0.1) is 0 Å². The van der Waals surface area contributed by atoms with Gasteiger partial charge in [0.15, 0.2) is 5.82 Å². The van der Waals surface area contributed by atoms with E-state index >= 15 is 0 Å². The summed E-state index contributed by atoms with van der Waals surface area (Å²) in [6.45, 7) is 4.52. The molecule has 7 heteroatoms. The fourth-order valence-electron chi connectivity index (χ4n) is 2.34. The molecule has 1 fully saturated rings. The van der Waals surface area contributed by atoms with Gasteiger partial charge in [0.1, 0.15) is 0 Å². The Morgan fingerprint density at radius 3 is 2.85 bits per heavy atom. The molecule has 0 spiro atoms. The molecule has 2 rings (SSSR count). The van der Waals surface area contributed by atoms with Gasteiger partial charge in [-0.15, -0.1) is 12.4 Å². The minimum atomic E-state index is 0. The number of hydrogen-bond donors (Lipinski definition) is 2. The van der Waals surface area contributed by atoms with Crippen LogP contribution in [0.25, 0.3) is 0 Å². The van der Waals surface area contributed by atoms with Gasteiger partial charge in [-0.3, -0.25) is 4.79 Å². The Morgan fingerprint density at radius 1 is 1.45 bits per heavy atom. The van der Waals surface area contributed by atoms with E-state index in [-0.39, 0.29) is 18.3 Å². The lowest BCUT2D eigenvalue weighted by atomic mass is 9.93. The van der Waals surface area contributed by atoms with Crippen molar-refractivity contribution in [1.29, 1.82) is 0 Å². The van der Waals surface area contributed by atoms with Gasteiger partial charge in [-0.25, -0.2) is 0 Å². The van der Waals surface area contributed by atoms with Crippen molar-refractivity contribution in [2.75, 3.05) is 19.6 Å². The Balaban J connectivity index is 0.00000200. The molecule has 1 saturated heterocycles. The lowest BCUT2D eigenvalue weighted by Crippen LogP contribution is -2.30. The van der Waals surface area contributed by atoms with Crippen LogP contribution in [0.4, 0.5) is 0 Å². The number of aryl methyl sites for hydroxylation is 1.